The fraction of sp³-hybridized carbons (Fsp3) is 0.435. The van der Waals surface area contributed by atoms with Crippen LogP contribution in [0.15, 0.2) is 47.6 Å². The molecule has 2 aliphatic carbocycles. The van der Waals surface area contributed by atoms with Gasteiger partial charge in [-0.05, 0) is 69.0 Å². The van der Waals surface area contributed by atoms with Gasteiger partial charge in [-0.3, -0.25) is 5.43 Å². The van der Waals surface area contributed by atoms with Crippen LogP contribution in [0.1, 0.15) is 30.4 Å². The molecular weight excluding hydrogens is 350 g/mol. The van der Waals surface area contributed by atoms with Gasteiger partial charge >= 0.3 is 0 Å². The second-order valence-electron chi connectivity index (χ2n) is 8.71. The number of nitrogens with zero attached hydrogens (tertiary/aromatic N) is 2. The van der Waals surface area contributed by atoms with Crippen LogP contribution in [0.3, 0.4) is 0 Å². The lowest BCUT2D eigenvalue weighted by Gasteiger charge is -2.57. The zero-order valence-corrected chi connectivity index (χ0v) is 16.1. The first-order chi connectivity index (χ1) is 13.7. The quantitative estimate of drug-likeness (QED) is 0.789. The number of para-hydroxylation sites is 1. The van der Waals surface area contributed by atoms with Crippen LogP contribution in [0.2, 0.25) is 0 Å². The molecule has 6 rings (SSSR count). The van der Waals surface area contributed by atoms with Gasteiger partial charge in [0.25, 0.3) is 0 Å². The van der Waals surface area contributed by atoms with E-state index < -0.39 is 0 Å². The predicted octanol–water partition coefficient (Wildman–Crippen LogP) is 3.53. The Morgan fingerprint density at radius 1 is 1.21 bits per heavy atom. The van der Waals surface area contributed by atoms with Crippen LogP contribution in [0.5, 0.6) is 11.5 Å². The van der Waals surface area contributed by atoms with E-state index >= 15 is 0 Å². The largest absolute Gasteiger partial charge is 0.504 e. The third-order valence-corrected chi connectivity index (χ3v) is 7.51. The zero-order chi connectivity index (χ0) is 18.9. The summed E-state index contributed by atoms with van der Waals surface area (Å²) < 4.78 is 6.51. The molecule has 2 aromatic carbocycles. The topological polar surface area (TPSA) is 57.1 Å². The number of ether oxygens (including phenoxy) is 1. The molecule has 5 nitrogen and oxygen atoms in total. The summed E-state index contributed by atoms with van der Waals surface area (Å²) in [4.78, 5) is 2.53. The van der Waals surface area contributed by atoms with Crippen LogP contribution in [-0.2, 0) is 11.8 Å². The third-order valence-electron chi connectivity index (χ3n) is 7.51. The fourth-order valence-corrected chi connectivity index (χ4v) is 6.30. The molecule has 1 saturated heterocycles. The maximum Gasteiger partial charge on any atom is 0.166 e. The van der Waals surface area contributed by atoms with Crippen molar-refractivity contribution in [2.24, 2.45) is 11.0 Å². The number of rotatable bonds is 2. The molecule has 4 atom stereocenters. The van der Waals surface area contributed by atoms with Crippen molar-refractivity contribution >= 4 is 11.4 Å². The normalized spacial score (nSPS) is 34.0. The summed E-state index contributed by atoms with van der Waals surface area (Å²) in [6.07, 6.45) is 4.09. The van der Waals surface area contributed by atoms with E-state index in [1.807, 2.05) is 30.3 Å². The Hall–Kier alpha value is -2.53. The number of hydrogen-bond donors (Lipinski definition) is 2. The number of likely N-dealkylation sites (N-methyl/N-ethyl adjacent to an activating group) is 1. The molecular formula is C23H25N3O2. The van der Waals surface area contributed by atoms with Gasteiger partial charge in [0.05, 0.1) is 11.4 Å². The highest BCUT2D eigenvalue weighted by atomic mass is 16.5. The van der Waals surface area contributed by atoms with Crippen LogP contribution >= 0.6 is 0 Å². The Morgan fingerprint density at radius 3 is 2.93 bits per heavy atom. The van der Waals surface area contributed by atoms with Crippen molar-refractivity contribution in [1.29, 1.82) is 0 Å². The standard InChI is InChI=1S/C23H25N3O2/c1-26-12-11-23-16-8-9-17(25-24-15-5-3-2-4-6-15)22(23)28-21-19(27)10-7-14(20(21)23)13-18(16)26/h2-7,10,16,18,22,24,27H,8-9,11-13H2,1H3/t16-,18+,22-,23-/m0/s1. The number of hydrogen-bond acceptors (Lipinski definition) is 5. The first kappa shape index (κ1) is 16.4. The fourth-order valence-electron chi connectivity index (χ4n) is 6.30. The van der Waals surface area contributed by atoms with Gasteiger partial charge in [0, 0.05) is 17.0 Å². The van der Waals surface area contributed by atoms with Crippen LogP contribution in [0.25, 0.3) is 0 Å². The maximum absolute atomic E-state index is 10.6. The summed E-state index contributed by atoms with van der Waals surface area (Å²) in [5, 5.41) is 15.4. The summed E-state index contributed by atoms with van der Waals surface area (Å²) in [5.74, 6) is 1.54. The average Bonchev–Trinajstić information content (AvgIpc) is 3.07. The Bertz CT molecular complexity index is 973. The lowest BCUT2D eigenvalue weighted by molar-refractivity contribution is -0.00689. The molecule has 2 aromatic rings. The molecule has 1 spiro atoms. The van der Waals surface area contributed by atoms with E-state index in [0.29, 0.717) is 17.7 Å². The molecule has 2 bridgehead atoms. The molecule has 28 heavy (non-hydrogen) atoms. The highest BCUT2D eigenvalue weighted by Gasteiger charge is 2.64. The summed E-state index contributed by atoms with van der Waals surface area (Å²) in [7, 11) is 2.26. The smallest absolute Gasteiger partial charge is 0.166 e. The van der Waals surface area contributed by atoms with E-state index in [4.69, 9.17) is 9.84 Å². The van der Waals surface area contributed by atoms with Crippen molar-refractivity contribution < 1.29 is 9.84 Å². The monoisotopic (exact) mass is 375 g/mol. The number of hydrazone groups is 1. The molecule has 0 radical (unpaired) electrons. The molecule has 0 aromatic heterocycles. The molecule has 4 aliphatic rings. The van der Waals surface area contributed by atoms with E-state index in [-0.39, 0.29) is 17.3 Å². The molecule has 1 saturated carbocycles. The van der Waals surface area contributed by atoms with Crippen molar-refractivity contribution in [1.82, 2.24) is 4.90 Å². The Balaban J connectivity index is 1.47. The number of likely N-dealkylation sites (tertiary alicyclic amines) is 1. The molecule has 2 fully saturated rings. The van der Waals surface area contributed by atoms with Crippen molar-refractivity contribution in [3.05, 3.63) is 53.6 Å². The predicted molar refractivity (Wildman–Crippen MR) is 109 cm³/mol. The second-order valence-corrected chi connectivity index (χ2v) is 8.71. The minimum absolute atomic E-state index is 0.0473. The van der Waals surface area contributed by atoms with E-state index in [9.17, 15) is 5.11 Å². The van der Waals surface area contributed by atoms with Crippen LogP contribution < -0.4 is 10.2 Å². The van der Waals surface area contributed by atoms with Crippen molar-refractivity contribution in [3.8, 4) is 11.5 Å². The number of aromatic hydroxyl groups is 1. The van der Waals surface area contributed by atoms with Gasteiger partial charge in [0.2, 0.25) is 0 Å². The Kier molecular flexibility index (Phi) is 3.37. The van der Waals surface area contributed by atoms with Gasteiger partial charge in [0.15, 0.2) is 11.5 Å². The van der Waals surface area contributed by atoms with Gasteiger partial charge in [0.1, 0.15) is 6.10 Å². The summed E-state index contributed by atoms with van der Waals surface area (Å²) in [5.41, 5.74) is 7.87. The van der Waals surface area contributed by atoms with Crippen LogP contribution in [-0.4, -0.2) is 41.5 Å². The van der Waals surface area contributed by atoms with E-state index in [1.54, 1.807) is 6.07 Å². The van der Waals surface area contributed by atoms with Crippen LogP contribution in [0, 0.1) is 5.92 Å². The second kappa shape index (κ2) is 5.74. The average molecular weight is 375 g/mol. The molecule has 2 heterocycles. The molecule has 2 N–H and O–H groups in total. The number of piperidine rings is 1. The maximum atomic E-state index is 10.6. The lowest BCUT2D eigenvalue weighted by atomic mass is 9.51. The number of anilines is 1. The van der Waals surface area contributed by atoms with E-state index in [2.05, 4.69) is 23.4 Å². The van der Waals surface area contributed by atoms with Gasteiger partial charge < -0.3 is 14.7 Å². The SMILES string of the molecule is CN1CC[C@]23c4c5ccc(O)c4O[C@H]2C(=NNc2ccccc2)CC[C@H]3[C@H]1C5. The van der Waals surface area contributed by atoms with E-state index in [0.717, 1.165) is 43.6 Å². The number of benzene rings is 2. The lowest BCUT2D eigenvalue weighted by Crippen LogP contribution is -2.65. The van der Waals surface area contributed by atoms with Crippen LogP contribution in [0.4, 0.5) is 5.69 Å². The van der Waals surface area contributed by atoms with Gasteiger partial charge in [-0.15, -0.1) is 0 Å². The molecule has 5 heteroatoms. The van der Waals surface area contributed by atoms with Crippen molar-refractivity contribution in [2.45, 2.75) is 43.2 Å². The highest BCUT2D eigenvalue weighted by Crippen LogP contribution is 2.63. The highest BCUT2D eigenvalue weighted by molar-refractivity contribution is 5.94. The number of phenolic OH excluding ortho intramolecular Hbond substituents is 1. The van der Waals surface area contributed by atoms with Gasteiger partial charge in [-0.1, -0.05) is 24.3 Å². The number of nitrogens with one attached hydrogen (secondary N) is 1. The van der Waals surface area contributed by atoms with E-state index in [1.165, 1.54) is 11.1 Å². The first-order valence-electron chi connectivity index (χ1n) is 10.3. The molecule has 0 unspecified atom stereocenters. The minimum atomic E-state index is -0.0824. The summed E-state index contributed by atoms with van der Waals surface area (Å²) in [6.45, 7) is 1.06. The molecule has 144 valence electrons. The number of phenols is 1. The van der Waals surface area contributed by atoms with Gasteiger partial charge in [-0.2, -0.15) is 5.10 Å². The first-order valence-corrected chi connectivity index (χ1v) is 10.3. The van der Waals surface area contributed by atoms with Crippen molar-refractivity contribution in [2.75, 3.05) is 19.0 Å². The summed E-state index contributed by atoms with van der Waals surface area (Å²) >= 11 is 0. The summed E-state index contributed by atoms with van der Waals surface area (Å²) in [6, 6.07) is 14.5. The molecule has 0 amide bonds. The van der Waals surface area contributed by atoms with Crippen molar-refractivity contribution in [3.63, 3.8) is 0 Å². The molecule has 2 aliphatic heterocycles. The minimum Gasteiger partial charge on any atom is -0.504 e. The Labute approximate surface area is 165 Å². The third kappa shape index (κ3) is 2.03. The zero-order valence-electron chi connectivity index (χ0n) is 16.1. The Morgan fingerprint density at radius 2 is 2.07 bits per heavy atom. The van der Waals surface area contributed by atoms with Gasteiger partial charge in [-0.25, -0.2) is 0 Å².